The fourth-order valence-electron chi connectivity index (χ4n) is 3.18. The third kappa shape index (κ3) is 5.33. The molecule has 2 heterocycles. The molecule has 1 saturated heterocycles. The van der Waals surface area contributed by atoms with E-state index in [1.54, 1.807) is 24.3 Å². The molecule has 3 rings (SSSR count). The highest BCUT2D eigenvalue weighted by Crippen LogP contribution is 2.17. The lowest BCUT2D eigenvalue weighted by molar-refractivity contribution is 0.0762. The van der Waals surface area contributed by atoms with Crippen LogP contribution in [0.3, 0.4) is 0 Å². The number of piperazine rings is 1. The quantitative estimate of drug-likeness (QED) is 0.695. The van der Waals surface area contributed by atoms with Crippen molar-refractivity contribution in [3.63, 3.8) is 0 Å². The summed E-state index contributed by atoms with van der Waals surface area (Å²) in [6.45, 7) is 7.11. The van der Waals surface area contributed by atoms with Crippen LogP contribution in [0, 0.1) is 0 Å². The van der Waals surface area contributed by atoms with E-state index in [0.29, 0.717) is 23.7 Å². The number of likely N-dealkylation sites (N-methyl/N-ethyl adjacent to an activating group) is 1. The number of carbonyl (C=O) groups excluding carboxylic acids is 1. The monoisotopic (exact) mass is 398 g/mol. The molecule has 1 aliphatic rings. The maximum atomic E-state index is 12.9. The summed E-state index contributed by atoms with van der Waals surface area (Å²) in [7, 11) is 2.14. The van der Waals surface area contributed by atoms with Crippen molar-refractivity contribution in [1.82, 2.24) is 14.8 Å². The van der Waals surface area contributed by atoms with Crippen molar-refractivity contribution in [2.45, 2.75) is 13.5 Å². The number of allylic oxidation sites excluding steroid dienone is 1. The standard InChI is InChI=1S/C22H27ClN4O/c1-3-4-11-27(22(28)19-6-8-20(23)9-7-19)17-18-5-10-21(24-16-18)26-14-12-25(2)13-15-26/h3-10,16H,11-15,17H2,1-2H3/b4-3+. The van der Waals surface area contributed by atoms with Gasteiger partial charge >= 0.3 is 0 Å². The lowest BCUT2D eigenvalue weighted by atomic mass is 10.1. The normalized spacial score (nSPS) is 15.2. The van der Waals surface area contributed by atoms with E-state index in [9.17, 15) is 4.79 Å². The minimum absolute atomic E-state index is 0.0158. The summed E-state index contributed by atoms with van der Waals surface area (Å²) in [4.78, 5) is 24.0. The molecule has 0 saturated carbocycles. The van der Waals surface area contributed by atoms with Crippen molar-refractivity contribution in [3.05, 3.63) is 70.9 Å². The van der Waals surface area contributed by atoms with Crippen molar-refractivity contribution in [2.24, 2.45) is 0 Å². The molecule has 0 bridgehead atoms. The highest BCUT2D eigenvalue weighted by molar-refractivity contribution is 6.30. The van der Waals surface area contributed by atoms with Crippen LogP contribution in [-0.2, 0) is 6.54 Å². The molecule has 1 aliphatic heterocycles. The summed E-state index contributed by atoms with van der Waals surface area (Å²) >= 11 is 5.95. The first-order chi connectivity index (χ1) is 13.6. The summed E-state index contributed by atoms with van der Waals surface area (Å²) in [6, 6.07) is 11.1. The third-order valence-corrected chi connectivity index (χ3v) is 5.20. The molecule has 0 spiro atoms. The van der Waals surface area contributed by atoms with Crippen LogP contribution in [-0.4, -0.2) is 60.5 Å². The van der Waals surface area contributed by atoms with Crippen LogP contribution in [0.2, 0.25) is 5.02 Å². The number of aromatic nitrogens is 1. The number of amides is 1. The van der Waals surface area contributed by atoms with E-state index in [0.717, 1.165) is 37.6 Å². The first-order valence-corrected chi connectivity index (χ1v) is 9.99. The second-order valence-electron chi connectivity index (χ2n) is 7.08. The van der Waals surface area contributed by atoms with Gasteiger partial charge in [0.05, 0.1) is 0 Å². The molecule has 0 aliphatic carbocycles. The molecule has 6 heteroatoms. The number of hydrogen-bond donors (Lipinski definition) is 0. The molecule has 0 unspecified atom stereocenters. The Bertz CT molecular complexity index is 796. The van der Waals surface area contributed by atoms with Crippen LogP contribution >= 0.6 is 11.6 Å². The Kier molecular flexibility index (Phi) is 7.06. The van der Waals surface area contributed by atoms with Gasteiger partial charge in [-0.3, -0.25) is 4.79 Å². The smallest absolute Gasteiger partial charge is 0.254 e. The lowest BCUT2D eigenvalue weighted by Gasteiger charge is -2.33. The highest BCUT2D eigenvalue weighted by Gasteiger charge is 2.17. The van der Waals surface area contributed by atoms with Gasteiger partial charge in [-0.1, -0.05) is 29.8 Å². The Morgan fingerprint density at radius 1 is 1.14 bits per heavy atom. The average Bonchev–Trinajstić information content (AvgIpc) is 2.72. The van der Waals surface area contributed by atoms with Crippen molar-refractivity contribution in [3.8, 4) is 0 Å². The molecular formula is C22H27ClN4O. The first kappa shape index (κ1) is 20.4. The minimum Gasteiger partial charge on any atom is -0.354 e. The van der Waals surface area contributed by atoms with E-state index < -0.39 is 0 Å². The van der Waals surface area contributed by atoms with Crippen LogP contribution in [0.4, 0.5) is 5.82 Å². The van der Waals surface area contributed by atoms with Gasteiger partial charge in [-0.25, -0.2) is 4.98 Å². The van der Waals surface area contributed by atoms with Crippen LogP contribution in [0.1, 0.15) is 22.8 Å². The van der Waals surface area contributed by atoms with Gasteiger partial charge in [-0.05, 0) is 49.9 Å². The first-order valence-electron chi connectivity index (χ1n) is 9.61. The third-order valence-electron chi connectivity index (χ3n) is 4.95. The zero-order chi connectivity index (χ0) is 19.9. The van der Waals surface area contributed by atoms with E-state index in [1.165, 1.54) is 0 Å². The summed E-state index contributed by atoms with van der Waals surface area (Å²) in [5.74, 6) is 0.985. The van der Waals surface area contributed by atoms with Gasteiger partial charge in [0.25, 0.3) is 5.91 Å². The molecule has 5 nitrogen and oxygen atoms in total. The molecule has 2 aromatic rings. The molecule has 1 fully saturated rings. The predicted molar refractivity (Wildman–Crippen MR) is 115 cm³/mol. The van der Waals surface area contributed by atoms with Gasteiger partial charge in [0.15, 0.2) is 0 Å². The van der Waals surface area contributed by atoms with E-state index in [1.807, 2.05) is 30.2 Å². The van der Waals surface area contributed by atoms with Crippen LogP contribution in [0.25, 0.3) is 0 Å². The fraction of sp³-hybridized carbons (Fsp3) is 0.364. The summed E-state index contributed by atoms with van der Waals surface area (Å²) in [5, 5.41) is 0.625. The number of anilines is 1. The van der Waals surface area contributed by atoms with Crippen molar-refractivity contribution in [1.29, 1.82) is 0 Å². The summed E-state index contributed by atoms with van der Waals surface area (Å²) in [6.07, 6.45) is 5.82. The number of benzene rings is 1. The molecular weight excluding hydrogens is 372 g/mol. The summed E-state index contributed by atoms with van der Waals surface area (Å²) in [5.41, 5.74) is 1.65. The molecule has 1 amide bonds. The minimum atomic E-state index is -0.0158. The number of rotatable bonds is 6. The summed E-state index contributed by atoms with van der Waals surface area (Å²) < 4.78 is 0. The Morgan fingerprint density at radius 2 is 1.86 bits per heavy atom. The second-order valence-corrected chi connectivity index (χ2v) is 7.51. The number of hydrogen-bond acceptors (Lipinski definition) is 4. The lowest BCUT2D eigenvalue weighted by Crippen LogP contribution is -2.44. The Balaban J connectivity index is 1.70. The zero-order valence-corrected chi connectivity index (χ0v) is 17.3. The molecule has 148 valence electrons. The highest BCUT2D eigenvalue weighted by atomic mass is 35.5. The van der Waals surface area contributed by atoms with Crippen LogP contribution in [0.5, 0.6) is 0 Å². The number of pyridine rings is 1. The fourth-order valence-corrected chi connectivity index (χ4v) is 3.31. The maximum absolute atomic E-state index is 12.9. The predicted octanol–water partition coefficient (Wildman–Crippen LogP) is 3.71. The zero-order valence-electron chi connectivity index (χ0n) is 16.5. The second kappa shape index (κ2) is 9.71. The van der Waals surface area contributed by atoms with Gasteiger partial charge in [-0.2, -0.15) is 0 Å². The van der Waals surface area contributed by atoms with E-state index in [2.05, 4.69) is 34.0 Å². The van der Waals surface area contributed by atoms with Crippen molar-refractivity contribution in [2.75, 3.05) is 44.7 Å². The number of halogens is 1. The molecule has 0 N–H and O–H groups in total. The van der Waals surface area contributed by atoms with E-state index >= 15 is 0 Å². The Hall–Kier alpha value is -2.37. The number of carbonyl (C=O) groups is 1. The molecule has 1 aromatic carbocycles. The van der Waals surface area contributed by atoms with Gasteiger partial charge in [0, 0.05) is 56.1 Å². The molecule has 1 aromatic heterocycles. The topological polar surface area (TPSA) is 39.7 Å². The SMILES string of the molecule is C/C=C/CN(Cc1ccc(N2CCN(C)CC2)nc1)C(=O)c1ccc(Cl)cc1. The molecule has 0 atom stereocenters. The van der Waals surface area contributed by atoms with Gasteiger partial charge < -0.3 is 14.7 Å². The van der Waals surface area contributed by atoms with Gasteiger partial charge in [-0.15, -0.1) is 0 Å². The van der Waals surface area contributed by atoms with Crippen molar-refractivity contribution >= 4 is 23.3 Å². The van der Waals surface area contributed by atoms with E-state index in [4.69, 9.17) is 11.6 Å². The average molecular weight is 399 g/mol. The Morgan fingerprint density at radius 3 is 2.46 bits per heavy atom. The van der Waals surface area contributed by atoms with E-state index in [-0.39, 0.29) is 5.91 Å². The van der Waals surface area contributed by atoms with Crippen LogP contribution in [0.15, 0.2) is 54.7 Å². The van der Waals surface area contributed by atoms with Crippen LogP contribution < -0.4 is 4.90 Å². The largest absolute Gasteiger partial charge is 0.354 e. The van der Waals surface area contributed by atoms with Gasteiger partial charge in [0.1, 0.15) is 5.82 Å². The number of nitrogens with zero attached hydrogens (tertiary/aromatic N) is 4. The maximum Gasteiger partial charge on any atom is 0.254 e. The van der Waals surface area contributed by atoms with Gasteiger partial charge in [0.2, 0.25) is 0 Å². The Labute approximate surface area is 172 Å². The molecule has 28 heavy (non-hydrogen) atoms. The molecule has 0 radical (unpaired) electrons. The van der Waals surface area contributed by atoms with Crippen molar-refractivity contribution < 1.29 is 4.79 Å².